The zero-order valence-corrected chi connectivity index (χ0v) is 16.6. The largest absolute Gasteiger partial charge is 0.293 e. The molecule has 0 aliphatic carbocycles. The molecule has 2 aromatic heterocycles. The minimum absolute atomic E-state index is 0.119. The van der Waals surface area contributed by atoms with Crippen molar-refractivity contribution in [2.45, 2.75) is 5.16 Å². The molecule has 2 heterocycles. The fourth-order valence-corrected chi connectivity index (χ4v) is 3.70. The molecule has 144 valence electrons. The van der Waals surface area contributed by atoms with E-state index in [4.69, 9.17) is 11.6 Å². The van der Waals surface area contributed by atoms with Crippen molar-refractivity contribution in [3.63, 3.8) is 0 Å². The van der Waals surface area contributed by atoms with Gasteiger partial charge in [-0.1, -0.05) is 23.4 Å². The number of benzene rings is 2. The summed E-state index contributed by atoms with van der Waals surface area (Å²) in [5, 5.41) is 9.78. The van der Waals surface area contributed by atoms with E-state index in [9.17, 15) is 9.18 Å². The number of thioether (sulfide) groups is 1. The number of pyridine rings is 1. The molecule has 5 nitrogen and oxygen atoms in total. The zero-order valence-electron chi connectivity index (χ0n) is 15.0. The number of carbonyl (C=O) groups excluding carboxylic acids is 1. The topological polar surface area (TPSA) is 60.7 Å². The van der Waals surface area contributed by atoms with E-state index in [0.29, 0.717) is 21.6 Å². The summed E-state index contributed by atoms with van der Waals surface area (Å²) in [6.07, 6.45) is 3.36. The van der Waals surface area contributed by atoms with E-state index >= 15 is 0 Å². The predicted octanol–water partition coefficient (Wildman–Crippen LogP) is 5.10. The van der Waals surface area contributed by atoms with Gasteiger partial charge in [0.15, 0.2) is 16.8 Å². The maximum absolute atomic E-state index is 13.1. The number of carbonyl (C=O) groups is 1. The van der Waals surface area contributed by atoms with Crippen LogP contribution in [0, 0.1) is 5.82 Å². The molecule has 0 aliphatic heterocycles. The zero-order chi connectivity index (χ0) is 20.2. The quantitative estimate of drug-likeness (QED) is 0.318. The Morgan fingerprint density at radius 1 is 0.966 bits per heavy atom. The highest BCUT2D eigenvalue weighted by Crippen LogP contribution is 2.28. The standard InChI is InChI=1S/C21H14ClFN4OS/c22-16-3-7-18(8-4-16)27-20(15-9-11-24-12-10-15)25-26-21(27)29-13-19(28)14-1-5-17(23)6-2-14/h1-12H,13H2. The van der Waals surface area contributed by atoms with E-state index in [0.717, 1.165) is 11.3 Å². The van der Waals surface area contributed by atoms with Gasteiger partial charge < -0.3 is 0 Å². The molecule has 4 aromatic rings. The van der Waals surface area contributed by atoms with Gasteiger partial charge in [-0.15, -0.1) is 10.2 Å². The number of Topliss-reactive ketones (excluding diaryl/α,β-unsaturated/α-hetero) is 1. The van der Waals surface area contributed by atoms with Gasteiger partial charge in [0.25, 0.3) is 0 Å². The van der Waals surface area contributed by atoms with Gasteiger partial charge in [-0.05, 0) is 60.7 Å². The Hall–Kier alpha value is -3.03. The fraction of sp³-hybridized carbons (Fsp3) is 0.0476. The first-order valence-electron chi connectivity index (χ1n) is 8.65. The minimum Gasteiger partial charge on any atom is -0.293 e. The van der Waals surface area contributed by atoms with Crippen LogP contribution in [0.2, 0.25) is 5.02 Å². The molecule has 0 saturated heterocycles. The van der Waals surface area contributed by atoms with E-state index in [1.807, 2.05) is 28.8 Å². The summed E-state index contributed by atoms with van der Waals surface area (Å²) in [6, 6.07) is 16.5. The Morgan fingerprint density at radius 2 is 1.66 bits per heavy atom. The van der Waals surface area contributed by atoms with Crippen molar-refractivity contribution in [1.29, 1.82) is 0 Å². The molecule has 4 rings (SSSR count). The second kappa shape index (κ2) is 8.55. The lowest BCUT2D eigenvalue weighted by atomic mass is 10.1. The van der Waals surface area contributed by atoms with Crippen molar-refractivity contribution in [2.75, 3.05) is 5.75 Å². The molecule has 8 heteroatoms. The van der Waals surface area contributed by atoms with Crippen molar-refractivity contribution in [1.82, 2.24) is 19.7 Å². The third-order valence-electron chi connectivity index (χ3n) is 4.16. The second-order valence-electron chi connectivity index (χ2n) is 6.07. The molecular weight excluding hydrogens is 411 g/mol. The van der Waals surface area contributed by atoms with Crippen LogP contribution in [-0.4, -0.2) is 31.3 Å². The molecule has 0 unspecified atom stereocenters. The van der Waals surface area contributed by atoms with E-state index in [1.54, 1.807) is 24.5 Å². The lowest BCUT2D eigenvalue weighted by molar-refractivity contribution is 0.102. The predicted molar refractivity (Wildman–Crippen MR) is 111 cm³/mol. The number of halogens is 2. The number of ketones is 1. The highest BCUT2D eigenvalue weighted by atomic mass is 35.5. The average molecular weight is 425 g/mol. The molecule has 0 atom stereocenters. The first-order chi connectivity index (χ1) is 14.1. The summed E-state index contributed by atoms with van der Waals surface area (Å²) in [4.78, 5) is 16.5. The van der Waals surface area contributed by atoms with E-state index in [-0.39, 0.29) is 17.4 Å². The second-order valence-corrected chi connectivity index (χ2v) is 7.45. The van der Waals surface area contributed by atoms with Crippen LogP contribution in [0.1, 0.15) is 10.4 Å². The minimum atomic E-state index is -0.376. The van der Waals surface area contributed by atoms with Gasteiger partial charge in [0.2, 0.25) is 0 Å². The lowest BCUT2D eigenvalue weighted by Gasteiger charge is -2.10. The summed E-state index contributed by atoms with van der Waals surface area (Å²) in [7, 11) is 0. The molecule has 0 fully saturated rings. The Bertz CT molecular complexity index is 1130. The fourth-order valence-electron chi connectivity index (χ4n) is 2.72. The highest BCUT2D eigenvalue weighted by Gasteiger charge is 2.18. The third-order valence-corrected chi connectivity index (χ3v) is 5.34. The molecule has 0 aliphatic rings. The molecule has 29 heavy (non-hydrogen) atoms. The van der Waals surface area contributed by atoms with Crippen LogP contribution in [0.15, 0.2) is 78.2 Å². The number of hydrogen-bond donors (Lipinski definition) is 0. The molecular formula is C21H14ClFN4OS. The Kier molecular flexibility index (Phi) is 5.69. The van der Waals surface area contributed by atoms with Crippen molar-refractivity contribution in [3.8, 4) is 17.1 Å². The summed E-state index contributed by atoms with van der Waals surface area (Å²) in [6.45, 7) is 0. The molecule has 0 bridgehead atoms. The summed E-state index contributed by atoms with van der Waals surface area (Å²) in [5.74, 6) is 0.282. The Labute approximate surface area is 175 Å². The van der Waals surface area contributed by atoms with E-state index in [1.165, 1.54) is 36.0 Å². The van der Waals surface area contributed by atoms with Gasteiger partial charge in [-0.3, -0.25) is 14.3 Å². The monoisotopic (exact) mass is 424 g/mol. The van der Waals surface area contributed by atoms with Crippen molar-refractivity contribution in [2.24, 2.45) is 0 Å². The van der Waals surface area contributed by atoms with Crippen LogP contribution >= 0.6 is 23.4 Å². The maximum atomic E-state index is 13.1. The number of aromatic nitrogens is 4. The summed E-state index contributed by atoms with van der Waals surface area (Å²) in [5.41, 5.74) is 2.12. The molecule has 0 spiro atoms. The van der Waals surface area contributed by atoms with Gasteiger partial charge in [0.05, 0.1) is 5.75 Å². The Balaban J connectivity index is 1.66. The van der Waals surface area contributed by atoms with Crippen molar-refractivity contribution in [3.05, 3.63) is 89.5 Å². The smallest absolute Gasteiger partial charge is 0.196 e. The number of rotatable bonds is 6. The van der Waals surface area contributed by atoms with Gasteiger partial charge in [-0.2, -0.15) is 0 Å². The maximum Gasteiger partial charge on any atom is 0.196 e. The SMILES string of the molecule is O=C(CSc1nnc(-c2ccncc2)n1-c1ccc(Cl)cc1)c1ccc(F)cc1. The number of hydrogen-bond acceptors (Lipinski definition) is 5. The van der Waals surface area contributed by atoms with Crippen molar-refractivity contribution >= 4 is 29.1 Å². The molecule has 0 amide bonds. The van der Waals surface area contributed by atoms with Crippen LogP contribution in [0.5, 0.6) is 0 Å². The van der Waals surface area contributed by atoms with E-state index in [2.05, 4.69) is 15.2 Å². The van der Waals surface area contributed by atoms with Gasteiger partial charge in [0, 0.05) is 34.2 Å². The number of nitrogens with zero attached hydrogens (tertiary/aromatic N) is 4. The van der Waals surface area contributed by atoms with Crippen LogP contribution in [0.25, 0.3) is 17.1 Å². The van der Waals surface area contributed by atoms with Gasteiger partial charge >= 0.3 is 0 Å². The first-order valence-corrected chi connectivity index (χ1v) is 10.0. The van der Waals surface area contributed by atoms with Crippen LogP contribution in [0.4, 0.5) is 4.39 Å². The van der Waals surface area contributed by atoms with E-state index < -0.39 is 0 Å². The molecule has 0 N–H and O–H groups in total. The van der Waals surface area contributed by atoms with Crippen LogP contribution < -0.4 is 0 Å². The van der Waals surface area contributed by atoms with Crippen LogP contribution in [-0.2, 0) is 0 Å². The molecule has 0 saturated carbocycles. The molecule has 2 aromatic carbocycles. The highest BCUT2D eigenvalue weighted by molar-refractivity contribution is 7.99. The summed E-state index contributed by atoms with van der Waals surface area (Å²) < 4.78 is 15.0. The lowest BCUT2D eigenvalue weighted by Crippen LogP contribution is -2.05. The van der Waals surface area contributed by atoms with Crippen molar-refractivity contribution < 1.29 is 9.18 Å². The van der Waals surface area contributed by atoms with Gasteiger partial charge in [0.1, 0.15) is 5.82 Å². The average Bonchev–Trinajstić information content (AvgIpc) is 3.17. The molecule has 0 radical (unpaired) electrons. The Morgan fingerprint density at radius 3 is 2.34 bits per heavy atom. The third kappa shape index (κ3) is 4.36. The normalized spacial score (nSPS) is 10.8. The van der Waals surface area contributed by atoms with Gasteiger partial charge in [-0.25, -0.2) is 4.39 Å². The summed E-state index contributed by atoms with van der Waals surface area (Å²) >= 11 is 7.29. The van der Waals surface area contributed by atoms with Crippen LogP contribution in [0.3, 0.4) is 0 Å². The first kappa shape index (κ1) is 19.3.